The maximum absolute atomic E-state index is 12.0. The normalized spacial score (nSPS) is 23.9. The first kappa shape index (κ1) is 13.1. The lowest BCUT2D eigenvalue weighted by Gasteiger charge is -2.32. The number of carbonyl (C=O) groups excluding carboxylic acids is 1. The summed E-state index contributed by atoms with van der Waals surface area (Å²) >= 11 is 0. The van der Waals surface area contributed by atoms with Crippen LogP contribution in [-0.2, 0) is 4.74 Å². The average Bonchev–Trinajstić information content (AvgIpc) is 2.40. The summed E-state index contributed by atoms with van der Waals surface area (Å²) < 4.78 is 5.59. The summed E-state index contributed by atoms with van der Waals surface area (Å²) in [7, 11) is 4.18. The van der Waals surface area contributed by atoms with E-state index in [4.69, 9.17) is 4.74 Å². The molecule has 3 nitrogen and oxygen atoms in total. The molecule has 1 aliphatic rings. The molecule has 2 atom stereocenters. The molecule has 1 aromatic rings. The second-order valence-corrected chi connectivity index (χ2v) is 5.18. The minimum absolute atomic E-state index is 0.0684. The van der Waals surface area contributed by atoms with Crippen molar-refractivity contribution >= 4 is 5.97 Å². The van der Waals surface area contributed by atoms with Crippen molar-refractivity contribution in [3.05, 3.63) is 35.9 Å². The summed E-state index contributed by atoms with van der Waals surface area (Å²) in [5, 5.41) is 0. The Bertz CT molecular complexity index is 389. The van der Waals surface area contributed by atoms with E-state index in [2.05, 4.69) is 19.0 Å². The van der Waals surface area contributed by atoms with Gasteiger partial charge in [-0.05, 0) is 51.9 Å². The van der Waals surface area contributed by atoms with E-state index in [1.807, 2.05) is 18.2 Å². The number of rotatable bonds is 3. The molecule has 0 N–H and O–H groups in total. The van der Waals surface area contributed by atoms with E-state index in [1.54, 1.807) is 12.1 Å². The molecule has 0 aromatic heterocycles. The molecule has 1 saturated carbocycles. The zero-order valence-electron chi connectivity index (χ0n) is 11.1. The van der Waals surface area contributed by atoms with Crippen molar-refractivity contribution in [2.45, 2.75) is 37.8 Å². The molecule has 0 unspecified atom stereocenters. The second kappa shape index (κ2) is 6.01. The van der Waals surface area contributed by atoms with E-state index in [-0.39, 0.29) is 12.1 Å². The van der Waals surface area contributed by atoms with E-state index in [0.717, 1.165) is 19.3 Å². The van der Waals surface area contributed by atoms with Gasteiger partial charge in [-0.2, -0.15) is 0 Å². The molecule has 98 valence electrons. The smallest absolute Gasteiger partial charge is 0.338 e. The first-order valence-corrected chi connectivity index (χ1v) is 6.59. The third-order valence-corrected chi connectivity index (χ3v) is 3.61. The third kappa shape index (κ3) is 3.33. The topological polar surface area (TPSA) is 29.5 Å². The second-order valence-electron chi connectivity index (χ2n) is 5.18. The fourth-order valence-corrected chi connectivity index (χ4v) is 2.49. The van der Waals surface area contributed by atoms with Gasteiger partial charge in [-0.3, -0.25) is 0 Å². The van der Waals surface area contributed by atoms with E-state index < -0.39 is 0 Å². The average molecular weight is 247 g/mol. The predicted molar refractivity (Wildman–Crippen MR) is 71.6 cm³/mol. The van der Waals surface area contributed by atoms with Gasteiger partial charge in [0.2, 0.25) is 0 Å². The zero-order valence-corrected chi connectivity index (χ0v) is 11.1. The maximum Gasteiger partial charge on any atom is 0.338 e. The Morgan fingerprint density at radius 1 is 1.22 bits per heavy atom. The SMILES string of the molecule is CN(C)[C@@H]1CCC[C@@H](OC(=O)c2ccccc2)C1. The zero-order chi connectivity index (χ0) is 13.0. The number of ether oxygens (including phenoxy) is 1. The molecule has 1 aliphatic carbocycles. The minimum Gasteiger partial charge on any atom is -0.459 e. The molecule has 0 spiro atoms. The van der Waals surface area contributed by atoms with E-state index in [0.29, 0.717) is 11.6 Å². The summed E-state index contributed by atoms with van der Waals surface area (Å²) in [5.74, 6) is -0.194. The summed E-state index contributed by atoms with van der Waals surface area (Å²) in [5.41, 5.74) is 0.643. The molecule has 0 heterocycles. The number of benzene rings is 1. The highest BCUT2D eigenvalue weighted by Gasteiger charge is 2.26. The van der Waals surface area contributed by atoms with Crippen molar-refractivity contribution in [1.29, 1.82) is 0 Å². The third-order valence-electron chi connectivity index (χ3n) is 3.61. The molecular formula is C15H21NO2. The summed E-state index contributed by atoms with van der Waals surface area (Å²) in [6.07, 6.45) is 4.34. The first-order valence-electron chi connectivity index (χ1n) is 6.59. The van der Waals surface area contributed by atoms with Gasteiger partial charge in [-0.15, -0.1) is 0 Å². The lowest BCUT2D eigenvalue weighted by molar-refractivity contribution is 0.0107. The highest BCUT2D eigenvalue weighted by atomic mass is 16.5. The van der Waals surface area contributed by atoms with Gasteiger partial charge >= 0.3 is 5.97 Å². The molecule has 18 heavy (non-hydrogen) atoms. The molecular weight excluding hydrogens is 226 g/mol. The molecule has 0 amide bonds. The number of carbonyl (C=O) groups is 1. The summed E-state index contributed by atoms with van der Waals surface area (Å²) in [6.45, 7) is 0. The van der Waals surface area contributed by atoms with Crippen LogP contribution in [0.2, 0.25) is 0 Å². The quantitative estimate of drug-likeness (QED) is 0.769. The number of hydrogen-bond donors (Lipinski definition) is 0. The van der Waals surface area contributed by atoms with Crippen molar-refractivity contribution in [3.8, 4) is 0 Å². The van der Waals surface area contributed by atoms with Gasteiger partial charge in [0.15, 0.2) is 0 Å². The van der Waals surface area contributed by atoms with Crippen LogP contribution in [0.3, 0.4) is 0 Å². The van der Waals surface area contributed by atoms with Crippen LogP contribution in [0.25, 0.3) is 0 Å². The fourth-order valence-electron chi connectivity index (χ4n) is 2.49. The highest BCUT2D eigenvalue weighted by Crippen LogP contribution is 2.24. The number of hydrogen-bond acceptors (Lipinski definition) is 3. The Hall–Kier alpha value is -1.35. The van der Waals surface area contributed by atoms with Crippen LogP contribution in [0.5, 0.6) is 0 Å². The van der Waals surface area contributed by atoms with Crippen molar-refractivity contribution in [2.75, 3.05) is 14.1 Å². The Labute approximate surface area is 109 Å². The van der Waals surface area contributed by atoms with Crippen LogP contribution in [0.4, 0.5) is 0 Å². The highest BCUT2D eigenvalue weighted by molar-refractivity contribution is 5.89. The Morgan fingerprint density at radius 2 is 1.94 bits per heavy atom. The van der Waals surface area contributed by atoms with Gasteiger partial charge in [-0.1, -0.05) is 18.2 Å². The Kier molecular flexibility index (Phi) is 4.37. The molecule has 0 saturated heterocycles. The Balaban J connectivity index is 1.91. The maximum atomic E-state index is 12.0. The lowest BCUT2D eigenvalue weighted by Crippen LogP contribution is -2.37. The number of nitrogens with zero attached hydrogens (tertiary/aromatic N) is 1. The van der Waals surface area contributed by atoms with Crippen molar-refractivity contribution in [1.82, 2.24) is 4.90 Å². The van der Waals surface area contributed by atoms with Gasteiger partial charge in [0, 0.05) is 6.04 Å². The van der Waals surface area contributed by atoms with Crippen molar-refractivity contribution in [2.24, 2.45) is 0 Å². The van der Waals surface area contributed by atoms with Gasteiger partial charge < -0.3 is 9.64 Å². The molecule has 0 bridgehead atoms. The van der Waals surface area contributed by atoms with Crippen LogP contribution in [0.1, 0.15) is 36.0 Å². The minimum atomic E-state index is -0.194. The van der Waals surface area contributed by atoms with Crippen LogP contribution >= 0.6 is 0 Å². The standard InChI is InChI=1S/C15H21NO2/c1-16(2)13-9-6-10-14(11-13)18-15(17)12-7-4-3-5-8-12/h3-5,7-8,13-14H,6,9-11H2,1-2H3/t13-,14-/m1/s1. The summed E-state index contributed by atoms with van der Waals surface area (Å²) in [4.78, 5) is 14.2. The molecule has 1 aromatic carbocycles. The van der Waals surface area contributed by atoms with E-state index >= 15 is 0 Å². The van der Waals surface area contributed by atoms with Crippen LogP contribution in [0.15, 0.2) is 30.3 Å². The van der Waals surface area contributed by atoms with Gasteiger partial charge in [0.05, 0.1) is 5.56 Å². The van der Waals surface area contributed by atoms with Crippen molar-refractivity contribution in [3.63, 3.8) is 0 Å². The number of esters is 1. The van der Waals surface area contributed by atoms with E-state index in [9.17, 15) is 4.79 Å². The monoisotopic (exact) mass is 247 g/mol. The van der Waals surface area contributed by atoms with Gasteiger partial charge in [0.25, 0.3) is 0 Å². The largest absolute Gasteiger partial charge is 0.459 e. The molecule has 2 rings (SSSR count). The molecule has 3 heteroatoms. The van der Waals surface area contributed by atoms with Crippen LogP contribution < -0.4 is 0 Å². The van der Waals surface area contributed by atoms with Crippen molar-refractivity contribution < 1.29 is 9.53 Å². The fraction of sp³-hybridized carbons (Fsp3) is 0.533. The summed E-state index contributed by atoms with van der Waals surface area (Å²) in [6, 6.07) is 9.76. The molecule has 0 aliphatic heterocycles. The molecule has 0 radical (unpaired) electrons. The predicted octanol–water partition coefficient (Wildman–Crippen LogP) is 2.72. The molecule has 1 fully saturated rings. The van der Waals surface area contributed by atoms with Crippen LogP contribution in [-0.4, -0.2) is 37.1 Å². The van der Waals surface area contributed by atoms with Crippen LogP contribution in [0, 0.1) is 0 Å². The van der Waals surface area contributed by atoms with E-state index in [1.165, 1.54) is 6.42 Å². The Morgan fingerprint density at radius 3 is 2.61 bits per heavy atom. The first-order chi connectivity index (χ1) is 8.66. The lowest BCUT2D eigenvalue weighted by atomic mass is 9.92. The van der Waals surface area contributed by atoms with Gasteiger partial charge in [0.1, 0.15) is 6.10 Å². The van der Waals surface area contributed by atoms with Gasteiger partial charge in [-0.25, -0.2) is 4.79 Å².